The third-order valence-electron chi connectivity index (χ3n) is 5.04. The Kier molecular flexibility index (Phi) is 7.33. The van der Waals surface area contributed by atoms with Gasteiger partial charge in [-0.25, -0.2) is 4.90 Å². The van der Waals surface area contributed by atoms with E-state index in [0.717, 1.165) is 9.37 Å². The van der Waals surface area contributed by atoms with Crippen LogP contribution in [0.5, 0.6) is 0 Å². The van der Waals surface area contributed by atoms with Crippen molar-refractivity contribution in [3.8, 4) is 0 Å². The van der Waals surface area contributed by atoms with E-state index in [1.807, 2.05) is 0 Å². The highest BCUT2D eigenvalue weighted by Gasteiger charge is 2.45. The summed E-state index contributed by atoms with van der Waals surface area (Å²) in [6, 6.07) is 10.6. The third-order valence-corrected chi connectivity index (χ3v) is 5.57. The Morgan fingerprint density at radius 3 is 2.28 bits per heavy atom. The Labute approximate surface area is 192 Å². The van der Waals surface area contributed by atoms with Crippen LogP contribution in [0.3, 0.4) is 0 Å². The number of rotatable bonds is 8. The molecule has 0 spiro atoms. The Morgan fingerprint density at radius 1 is 1.16 bits per heavy atom. The number of benzene rings is 2. The molecule has 1 heterocycles. The van der Waals surface area contributed by atoms with Gasteiger partial charge >= 0.3 is 0 Å². The second-order valence-corrected chi connectivity index (χ2v) is 7.84. The third kappa shape index (κ3) is 4.85. The second kappa shape index (κ2) is 9.98. The molecule has 1 aliphatic heterocycles. The van der Waals surface area contributed by atoms with Gasteiger partial charge in [-0.05, 0) is 36.4 Å². The Hall–Kier alpha value is -3.15. The highest BCUT2D eigenvalue weighted by atomic mass is 79.9. The minimum absolute atomic E-state index is 0.124. The molecule has 11 heteroatoms. The topological polar surface area (TPSA) is 119 Å². The maximum Gasteiger partial charge on any atom is 0.269 e. The van der Waals surface area contributed by atoms with E-state index in [4.69, 9.17) is 9.47 Å². The predicted octanol–water partition coefficient (Wildman–Crippen LogP) is 2.75. The summed E-state index contributed by atoms with van der Waals surface area (Å²) in [5.41, 5.74) is 0.348. The van der Waals surface area contributed by atoms with E-state index in [0.29, 0.717) is 5.69 Å². The van der Waals surface area contributed by atoms with E-state index in [-0.39, 0.29) is 24.2 Å². The lowest BCUT2D eigenvalue weighted by Gasteiger charge is -2.30. The standard InChI is InChI=1S/C21H20BrN3O7/c1-31-19(32-2)12-23(20(27)13-3-7-16(8-4-13)25(29)30)17-11-18(26)24(21(17)28)15-9-5-14(22)6-10-15/h3-10,17,19H,11-12H2,1-2H3. The zero-order chi connectivity index (χ0) is 23.4. The first kappa shape index (κ1) is 23.5. The van der Waals surface area contributed by atoms with Crippen LogP contribution in [-0.4, -0.2) is 60.6 Å². The molecule has 3 amide bonds. The first-order valence-electron chi connectivity index (χ1n) is 9.50. The number of nitrogens with zero attached hydrogens (tertiary/aromatic N) is 3. The number of non-ortho nitro benzene ring substituents is 1. The van der Waals surface area contributed by atoms with E-state index < -0.39 is 35.0 Å². The zero-order valence-electron chi connectivity index (χ0n) is 17.3. The first-order chi connectivity index (χ1) is 15.3. The molecule has 1 saturated heterocycles. The van der Waals surface area contributed by atoms with Crippen LogP contribution < -0.4 is 4.90 Å². The van der Waals surface area contributed by atoms with Crippen molar-refractivity contribution in [2.75, 3.05) is 25.7 Å². The molecule has 2 aromatic rings. The monoisotopic (exact) mass is 505 g/mol. The fourth-order valence-electron chi connectivity index (χ4n) is 3.37. The summed E-state index contributed by atoms with van der Waals surface area (Å²) < 4.78 is 11.2. The van der Waals surface area contributed by atoms with Crippen molar-refractivity contribution in [3.05, 3.63) is 68.7 Å². The summed E-state index contributed by atoms with van der Waals surface area (Å²) in [5, 5.41) is 10.9. The van der Waals surface area contributed by atoms with Gasteiger partial charge < -0.3 is 14.4 Å². The number of halogens is 1. The van der Waals surface area contributed by atoms with Crippen molar-refractivity contribution in [1.82, 2.24) is 4.90 Å². The number of imide groups is 1. The van der Waals surface area contributed by atoms with Gasteiger partial charge in [-0.1, -0.05) is 15.9 Å². The Bertz CT molecular complexity index is 1020. The maximum absolute atomic E-state index is 13.3. The van der Waals surface area contributed by atoms with Crippen molar-refractivity contribution in [1.29, 1.82) is 0 Å². The van der Waals surface area contributed by atoms with Crippen molar-refractivity contribution < 1.29 is 28.8 Å². The van der Waals surface area contributed by atoms with Gasteiger partial charge in [0.25, 0.3) is 17.5 Å². The summed E-state index contributed by atoms with van der Waals surface area (Å²) in [7, 11) is 2.77. The zero-order valence-corrected chi connectivity index (χ0v) is 18.9. The molecule has 32 heavy (non-hydrogen) atoms. The van der Waals surface area contributed by atoms with Gasteiger partial charge in [0, 0.05) is 36.4 Å². The number of hydrogen-bond acceptors (Lipinski definition) is 7. The quantitative estimate of drug-likeness (QED) is 0.234. The number of anilines is 1. The predicted molar refractivity (Wildman–Crippen MR) is 117 cm³/mol. The summed E-state index contributed by atoms with van der Waals surface area (Å²) >= 11 is 3.31. The number of nitro benzene ring substituents is 1. The van der Waals surface area contributed by atoms with E-state index in [2.05, 4.69) is 15.9 Å². The molecule has 1 unspecified atom stereocenters. The average Bonchev–Trinajstić information content (AvgIpc) is 3.08. The highest BCUT2D eigenvalue weighted by molar-refractivity contribution is 9.10. The largest absolute Gasteiger partial charge is 0.354 e. The van der Waals surface area contributed by atoms with Crippen LogP contribution in [0.1, 0.15) is 16.8 Å². The molecule has 0 N–H and O–H groups in total. The molecule has 1 fully saturated rings. The van der Waals surface area contributed by atoms with Crippen molar-refractivity contribution in [3.63, 3.8) is 0 Å². The lowest BCUT2D eigenvalue weighted by Crippen LogP contribution is -2.49. The van der Waals surface area contributed by atoms with Gasteiger partial charge in [0.05, 0.1) is 23.6 Å². The van der Waals surface area contributed by atoms with Gasteiger partial charge in [0.2, 0.25) is 5.91 Å². The van der Waals surface area contributed by atoms with Crippen molar-refractivity contribution in [2.45, 2.75) is 18.8 Å². The first-order valence-corrected chi connectivity index (χ1v) is 10.3. The molecule has 0 aromatic heterocycles. The summed E-state index contributed by atoms with van der Waals surface area (Å²) in [5.74, 6) is -1.59. The van der Waals surface area contributed by atoms with Crippen molar-refractivity contribution in [2.24, 2.45) is 0 Å². The van der Waals surface area contributed by atoms with Crippen molar-refractivity contribution >= 4 is 45.0 Å². The average molecular weight is 506 g/mol. The van der Waals surface area contributed by atoms with E-state index in [9.17, 15) is 24.5 Å². The number of methoxy groups -OCH3 is 2. The van der Waals surface area contributed by atoms with Crippen LogP contribution >= 0.6 is 15.9 Å². The lowest BCUT2D eigenvalue weighted by molar-refractivity contribution is -0.384. The molecule has 10 nitrogen and oxygen atoms in total. The molecular weight excluding hydrogens is 486 g/mol. The van der Waals surface area contributed by atoms with E-state index >= 15 is 0 Å². The summed E-state index contributed by atoms with van der Waals surface area (Å²) in [4.78, 5) is 51.8. The normalized spacial score (nSPS) is 16.0. The highest BCUT2D eigenvalue weighted by Crippen LogP contribution is 2.28. The molecule has 0 aliphatic carbocycles. The Morgan fingerprint density at radius 2 is 1.75 bits per heavy atom. The SMILES string of the molecule is COC(CN(C(=O)c1ccc([N+](=O)[O-])cc1)C1CC(=O)N(c2ccc(Br)cc2)C1=O)OC. The number of amides is 3. The molecular formula is C21H20BrN3O7. The smallest absolute Gasteiger partial charge is 0.269 e. The number of carbonyl (C=O) groups excluding carboxylic acids is 3. The van der Waals surface area contributed by atoms with E-state index in [1.54, 1.807) is 24.3 Å². The van der Waals surface area contributed by atoms with Gasteiger partial charge in [-0.15, -0.1) is 0 Å². The second-order valence-electron chi connectivity index (χ2n) is 6.93. The Balaban J connectivity index is 1.93. The summed E-state index contributed by atoms with van der Waals surface area (Å²) in [6.45, 7) is -0.124. The minimum atomic E-state index is -1.08. The molecule has 2 aromatic carbocycles. The molecule has 0 bridgehead atoms. The van der Waals surface area contributed by atoms with Gasteiger partial charge in [0.1, 0.15) is 6.04 Å². The molecule has 3 rings (SSSR count). The van der Waals surface area contributed by atoms with Gasteiger partial charge in [-0.3, -0.25) is 24.5 Å². The van der Waals surface area contributed by atoms with Crippen LogP contribution in [0.15, 0.2) is 53.0 Å². The maximum atomic E-state index is 13.3. The summed E-state index contributed by atoms with van der Waals surface area (Å²) in [6.07, 6.45) is -1.06. The molecule has 1 atom stereocenters. The van der Waals surface area contributed by atoms with Gasteiger partial charge in [-0.2, -0.15) is 0 Å². The van der Waals surface area contributed by atoms with E-state index in [1.165, 1.54) is 43.4 Å². The molecule has 0 radical (unpaired) electrons. The molecule has 1 aliphatic rings. The molecule has 168 valence electrons. The molecule has 0 saturated carbocycles. The van der Waals surface area contributed by atoms with Crippen LogP contribution in [0.25, 0.3) is 0 Å². The lowest BCUT2D eigenvalue weighted by atomic mass is 10.1. The number of carbonyl (C=O) groups is 3. The number of hydrogen-bond donors (Lipinski definition) is 0. The number of nitro groups is 1. The van der Waals surface area contributed by atoms with Crippen LogP contribution in [0.2, 0.25) is 0 Å². The fraction of sp³-hybridized carbons (Fsp3) is 0.286. The van der Waals surface area contributed by atoms with Crippen LogP contribution in [0.4, 0.5) is 11.4 Å². The minimum Gasteiger partial charge on any atom is -0.354 e. The number of ether oxygens (including phenoxy) is 2. The van der Waals surface area contributed by atoms with Crippen LogP contribution in [-0.2, 0) is 19.1 Å². The van der Waals surface area contributed by atoms with Crippen LogP contribution in [0, 0.1) is 10.1 Å². The van der Waals surface area contributed by atoms with Gasteiger partial charge in [0.15, 0.2) is 6.29 Å². The fourth-order valence-corrected chi connectivity index (χ4v) is 3.63.